The van der Waals surface area contributed by atoms with Crippen LogP contribution in [0.15, 0.2) is 51.7 Å². The molecule has 1 aliphatic heterocycles. The fourth-order valence-corrected chi connectivity index (χ4v) is 3.05. The zero-order valence-electron chi connectivity index (χ0n) is 14.4. The van der Waals surface area contributed by atoms with E-state index >= 15 is 0 Å². The third kappa shape index (κ3) is 3.61. The number of hydrogen-bond donors (Lipinski definition) is 1. The first-order valence-corrected chi connectivity index (χ1v) is 8.78. The summed E-state index contributed by atoms with van der Waals surface area (Å²) in [6, 6.07) is 8.96. The Morgan fingerprint density at radius 3 is 2.85 bits per heavy atom. The number of nitrogens with zero attached hydrogens (tertiary/aromatic N) is 3. The van der Waals surface area contributed by atoms with Gasteiger partial charge in [-0.15, -0.1) is 0 Å². The molecule has 3 aromatic rings. The number of furan rings is 1. The average molecular weight is 352 g/mol. The molecule has 0 radical (unpaired) electrons. The van der Waals surface area contributed by atoms with Crippen LogP contribution in [0.4, 0.5) is 5.82 Å². The Balaban J connectivity index is 1.40. The summed E-state index contributed by atoms with van der Waals surface area (Å²) in [7, 11) is 0. The topological polar surface area (TPSA) is 84.4 Å². The molecule has 0 aliphatic carbocycles. The summed E-state index contributed by atoms with van der Waals surface area (Å²) >= 11 is 0. The Bertz CT molecular complexity index is 867. The van der Waals surface area contributed by atoms with E-state index in [1.807, 2.05) is 17.0 Å². The van der Waals surface area contributed by atoms with E-state index in [-0.39, 0.29) is 5.91 Å². The molecule has 26 heavy (non-hydrogen) atoms. The van der Waals surface area contributed by atoms with E-state index in [2.05, 4.69) is 15.5 Å². The van der Waals surface area contributed by atoms with Crippen molar-refractivity contribution in [1.82, 2.24) is 15.0 Å². The van der Waals surface area contributed by atoms with Gasteiger partial charge in [0.15, 0.2) is 5.76 Å². The lowest BCUT2D eigenvalue weighted by Crippen LogP contribution is -2.35. The number of hydrogen-bond acceptors (Lipinski definition) is 6. The molecule has 7 nitrogen and oxygen atoms in total. The number of carbonyl (C=O) groups excluding carboxylic acids is 1. The van der Waals surface area contributed by atoms with Crippen molar-refractivity contribution in [2.45, 2.75) is 25.8 Å². The van der Waals surface area contributed by atoms with Crippen molar-refractivity contribution in [3.63, 3.8) is 0 Å². The predicted molar refractivity (Wildman–Crippen MR) is 95.5 cm³/mol. The van der Waals surface area contributed by atoms with Crippen LogP contribution in [0.2, 0.25) is 0 Å². The molecule has 0 spiro atoms. The van der Waals surface area contributed by atoms with E-state index in [0.717, 1.165) is 31.6 Å². The summed E-state index contributed by atoms with van der Waals surface area (Å²) < 4.78 is 10.6. The fourth-order valence-electron chi connectivity index (χ4n) is 3.05. The minimum Gasteiger partial charge on any atom is -0.461 e. The highest BCUT2D eigenvalue weighted by atomic mass is 16.5. The van der Waals surface area contributed by atoms with E-state index in [1.165, 1.54) is 6.42 Å². The van der Waals surface area contributed by atoms with Crippen molar-refractivity contribution in [3.8, 4) is 11.5 Å². The molecular weight excluding hydrogens is 332 g/mol. The van der Waals surface area contributed by atoms with Crippen LogP contribution in [0.3, 0.4) is 0 Å². The summed E-state index contributed by atoms with van der Waals surface area (Å²) in [4.78, 5) is 18.8. The molecule has 1 saturated heterocycles. The number of likely N-dealkylation sites (tertiary alicyclic amines) is 1. The number of amides is 1. The Morgan fingerprint density at radius 1 is 1.15 bits per heavy atom. The van der Waals surface area contributed by atoms with E-state index < -0.39 is 0 Å². The van der Waals surface area contributed by atoms with Gasteiger partial charge >= 0.3 is 0 Å². The van der Waals surface area contributed by atoms with Gasteiger partial charge in [0.25, 0.3) is 5.91 Å². The zero-order valence-corrected chi connectivity index (χ0v) is 14.4. The van der Waals surface area contributed by atoms with Gasteiger partial charge in [0.05, 0.1) is 12.8 Å². The molecule has 0 atom stereocenters. The number of anilines is 1. The average Bonchev–Trinajstić information content (AvgIpc) is 3.38. The molecule has 1 N–H and O–H groups in total. The van der Waals surface area contributed by atoms with Gasteiger partial charge in [-0.3, -0.25) is 4.79 Å². The summed E-state index contributed by atoms with van der Waals surface area (Å²) in [6.07, 6.45) is 6.59. The molecule has 3 aromatic heterocycles. The molecule has 7 heteroatoms. The molecule has 0 aromatic carbocycles. The van der Waals surface area contributed by atoms with Crippen LogP contribution >= 0.6 is 0 Å². The number of pyridine rings is 1. The monoisotopic (exact) mass is 352 g/mol. The normalized spacial score (nSPS) is 14.4. The Kier molecular flexibility index (Phi) is 4.68. The quantitative estimate of drug-likeness (QED) is 0.756. The van der Waals surface area contributed by atoms with Gasteiger partial charge in [0, 0.05) is 30.9 Å². The van der Waals surface area contributed by atoms with Crippen LogP contribution in [-0.4, -0.2) is 34.0 Å². The first kappa shape index (κ1) is 16.4. The first-order valence-electron chi connectivity index (χ1n) is 8.78. The van der Waals surface area contributed by atoms with Crippen LogP contribution in [0.1, 0.15) is 35.3 Å². The molecule has 1 fully saturated rings. The van der Waals surface area contributed by atoms with Crippen molar-refractivity contribution >= 4 is 11.7 Å². The number of aromatic nitrogens is 2. The second kappa shape index (κ2) is 7.43. The highest BCUT2D eigenvalue weighted by Crippen LogP contribution is 2.21. The van der Waals surface area contributed by atoms with Crippen LogP contribution in [-0.2, 0) is 6.54 Å². The molecule has 4 rings (SSSR count). The maximum Gasteiger partial charge on any atom is 0.254 e. The number of rotatable bonds is 5. The summed E-state index contributed by atoms with van der Waals surface area (Å²) in [5.74, 6) is 1.91. The number of carbonyl (C=O) groups is 1. The summed E-state index contributed by atoms with van der Waals surface area (Å²) in [6.45, 7) is 2.11. The second-order valence-electron chi connectivity index (χ2n) is 6.30. The van der Waals surface area contributed by atoms with Gasteiger partial charge < -0.3 is 19.2 Å². The van der Waals surface area contributed by atoms with Gasteiger partial charge in [0.2, 0.25) is 5.76 Å². The molecule has 4 heterocycles. The van der Waals surface area contributed by atoms with E-state index in [0.29, 0.717) is 29.4 Å². The lowest BCUT2D eigenvalue weighted by Gasteiger charge is -2.26. The van der Waals surface area contributed by atoms with Gasteiger partial charge in [-0.2, -0.15) is 0 Å². The third-order valence-electron chi connectivity index (χ3n) is 4.42. The Hall–Kier alpha value is -3.09. The summed E-state index contributed by atoms with van der Waals surface area (Å²) in [5.41, 5.74) is 1.38. The van der Waals surface area contributed by atoms with Crippen molar-refractivity contribution in [1.29, 1.82) is 0 Å². The smallest absolute Gasteiger partial charge is 0.254 e. The lowest BCUT2D eigenvalue weighted by molar-refractivity contribution is 0.0724. The molecule has 1 aliphatic rings. The van der Waals surface area contributed by atoms with Crippen LogP contribution < -0.4 is 5.32 Å². The molecule has 0 bridgehead atoms. The van der Waals surface area contributed by atoms with Crippen LogP contribution in [0.25, 0.3) is 11.5 Å². The van der Waals surface area contributed by atoms with E-state index in [1.54, 1.807) is 30.7 Å². The maximum absolute atomic E-state index is 12.6. The molecular formula is C19H20N4O3. The number of piperidine rings is 1. The predicted octanol–water partition coefficient (Wildman–Crippen LogP) is 3.57. The van der Waals surface area contributed by atoms with Crippen molar-refractivity contribution in [2.75, 3.05) is 18.4 Å². The molecule has 0 unspecified atom stereocenters. The Morgan fingerprint density at radius 2 is 2.04 bits per heavy atom. The minimum absolute atomic E-state index is 0.0664. The maximum atomic E-state index is 12.6. The third-order valence-corrected chi connectivity index (χ3v) is 4.42. The SMILES string of the molecule is O=C(c1ccnc(NCc2cc(-c3ccco3)on2)c1)N1CCCCC1. The van der Waals surface area contributed by atoms with Gasteiger partial charge in [0.1, 0.15) is 11.5 Å². The van der Waals surface area contributed by atoms with Gasteiger partial charge in [-0.25, -0.2) is 4.98 Å². The highest BCUT2D eigenvalue weighted by molar-refractivity contribution is 5.94. The van der Waals surface area contributed by atoms with Crippen LogP contribution in [0, 0.1) is 0 Å². The number of nitrogens with one attached hydrogen (secondary N) is 1. The first-order chi connectivity index (χ1) is 12.8. The fraction of sp³-hybridized carbons (Fsp3) is 0.316. The minimum atomic E-state index is 0.0664. The van der Waals surface area contributed by atoms with Crippen molar-refractivity contribution < 1.29 is 13.7 Å². The molecule has 0 saturated carbocycles. The zero-order chi connectivity index (χ0) is 17.8. The second-order valence-corrected chi connectivity index (χ2v) is 6.30. The standard InChI is InChI=1S/C19H20N4O3/c24-19(23-8-2-1-3-9-23)14-6-7-20-18(11-14)21-13-15-12-17(26-22-15)16-5-4-10-25-16/h4-7,10-12H,1-3,8-9,13H2,(H,20,21). The molecule has 1 amide bonds. The van der Waals surface area contributed by atoms with E-state index in [4.69, 9.17) is 8.94 Å². The van der Waals surface area contributed by atoms with Crippen LogP contribution in [0.5, 0.6) is 0 Å². The van der Waals surface area contributed by atoms with Gasteiger partial charge in [-0.05, 0) is 43.5 Å². The van der Waals surface area contributed by atoms with Crippen molar-refractivity contribution in [2.24, 2.45) is 0 Å². The van der Waals surface area contributed by atoms with E-state index in [9.17, 15) is 4.79 Å². The van der Waals surface area contributed by atoms with Gasteiger partial charge in [-0.1, -0.05) is 5.16 Å². The highest BCUT2D eigenvalue weighted by Gasteiger charge is 2.18. The van der Waals surface area contributed by atoms with Crippen molar-refractivity contribution in [3.05, 3.63) is 54.0 Å². The molecule has 134 valence electrons. The Labute approximate surface area is 151 Å². The largest absolute Gasteiger partial charge is 0.461 e. The lowest BCUT2D eigenvalue weighted by atomic mass is 10.1. The summed E-state index contributed by atoms with van der Waals surface area (Å²) in [5, 5.41) is 7.20.